The van der Waals surface area contributed by atoms with Crippen LogP contribution in [0, 0.1) is 5.92 Å². The van der Waals surface area contributed by atoms with Crippen molar-refractivity contribution in [2.45, 2.75) is 66.0 Å². The first-order valence-corrected chi connectivity index (χ1v) is 16.2. The molecule has 0 aromatic heterocycles. The van der Waals surface area contributed by atoms with Crippen LogP contribution in [0.5, 0.6) is 11.5 Å². The number of esters is 1. The third kappa shape index (κ3) is 9.21. The lowest BCUT2D eigenvalue weighted by Gasteiger charge is -2.28. The maximum atomic E-state index is 14.3. The average Bonchev–Trinajstić information content (AvgIpc) is 3.28. The molecular weight excluding hydrogens is 608 g/mol. The number of nitrogens with zero attached hydrogens (tertiary/aromatic N) is 1. The zero-order valence-corrected chi connectivity index (χ0v) is 28.2. The van der Waals surface area contributed by atoms with Crippen LogP contribution in [0.15, 0.2) is 96.1 Å². The van der Waals surface area contributed by atoms with Gasteiger partial charge in [-0.15, -0.1) is 0 Å². The van der Waals surface area contributed by atoms with Crippen molar-refractivity contribution in [3.63, 3.8) is 0 Å². The summed E-state index contributed by atoms with van der Waals surface area (Å²) in [5.74, 6) is -1.68. The summed E-state index contributed by atoms with van der Waals surface area (Å²) in [4.78, 5) is 56.9. The minimum absolute atomic E-state index is 0.0400. The summed E-state index contributed by atoms with van der Waals surface area (Å²) < 4.78 is 11.1. The molecule has 3 aromatic carbocycles. The topological polar surface area (TPSA) is 122 Å². The lowest BCUT2D eigenvalue weighted by molar-refractivity contribution is -0.149. The van der Waals surface area contributed by atoms with Crippen molar-refractivity contribution in [2.24, 2.45) is 5.92 Å². The van der Waals surface area contributed by atoms with Crippen molar-refractivity contribution in [1.29, 1.82) is 0 Å². The molecule has 9 heteroatoms. The fraction of sp³-hybridized carbons (Fsp3) is 0.333. The Balaban J connectivity index is 1.69. The molecule has 0 saturated heterocycles. The molecule has 2 atom stereocenters. The SMILES string of the molecule is CCOC(=O)[C@H](Cc1ccc(O)cc1)NC(=O)C(Cc1ccccc1)N1C(=O)C(CC(C)C)=C(c2ccc(OCC=C(C)C)cc2)C1=O. The molecular formula is C39H44N2O7. The number of benzene rings is 3. The standard InChI is InChI=1S/C39H44N2O7/c1-6-47-39(46)33(23-28-12-16-30(42)17-13-28)40-36(43)34(24-27-10-8-7-9-11-27)41-37(44)32(22-26(4)5)35(38(41)45)29-14-18-31(19-15-29)48-21-20-25(2)3/h7-20,26,33-34,42H,6,21-24H2,1-5H3,(H,40,43)/t33-,34?/m0/s1. The summed E-state index contributed by atoms with van der Waals surface area (Å²) in [6.07, 6.45) is 2.41. The van der Waals surface area contributed by atoms with Crippen LogP contribution >= 0.6 is 0 Å². The van der Waals surface area contributed by atoms with Gasteiger partial charge in [0.1, 0.15) is 30.2 Å². The number of ether oxygens (including phenoxy) is 2. The number of phenolic OH excluding ortho intramolecular Hbond substituents is 1. The number of hydrogen-bond acceptors (Lipinski definition) is 7. The normalized spacial score (nSPS) is 14.2. The number of allylic oxidation sites excluding steroid dienone is 1. The van der Waals surface area contributed by atoms with Gasteiger partial charge in [0.15, 0.2) is 0 Å². The van der Waals surface area contributed by atoms with Gasteiger partial charge in [-0.25, -0.2) is 4.79 Å². The first kappa shape index (κ1) is 35.7. The van der Waals surface area contributed by atoms with E-state index in [0.717, 1.165) is 16.0 Å². The molecule has 1 aliphatic rings. The summed E-state index contributed by atoms with van der Waals surface area (Å²) >= 11 is 0. The van der Waals surface area contributed by atoms with E-state index in [9.17, 15) is 24.3 Å². The monoisotopic (exact) mass is 652 g/mol. The number of carbonyl (C=O) groups is 4. The molecule has 9 nitrogen and oxygen atoms in total. The van der Waals surface area contributed by atoms with Gasteiger partial charge in [-0.05, 0) is 80.1 Å². The quantitative estimate of drug-likeness (QED) is 0.121. The van der Waals surface area contributed by atoms with Gasteiger partial charge in [0.2, 0.25) is 5.91 Å². The molecule has 252 valence electrons. The molecule has 0 aliphatic carbocycles. The van der Waals surface area contributed by atoms with Crippen LogP contribution in [0.3, 0.4) is 0 Å². The van der Waals surface area contributed by atoms with Gasteiger partial charge in [-0.1, -0.05) is 74.0 Å². The van der Waals surface area contributed by atoms with E-state index in [4.69, 9.17) is 9.47 Å². The van der Waals surface area contributed by atoms with Crippen molar-refractivity contribution in [3.05, 3.63) is 113 Å². The predicted octanol–water partition coefficient (Wildman–Crippen LogP) is 5.81. The molecule has 0 fully saturated rings. The van der Waals surface area contributed by atoms with E-state index < -0.39 is 35.8 Å². The number of nitrogens with one attached hydrogen (secondary N) is 1. The molecule has 0 saturated carbocycles. The second-order valence-electron chi connectivity index (χ2n) is 12.4. The molecule has 0 spiro atoms. The van der Waals surface area contributed by atoms with Crippen LogP contribution in [0.4, 0.5) is 0 Å². The molecule has 3 aromatic rings. The zero-order valence-electron chi connectivity index (χ0n) is 28.2. The average molecular weight is 653 g/mol. The second-order valence-corrected chi connectivity index (χ2v) is 12.4. The minimum atomic E-state index is -1.25. The number of amides is 3. The van der Waals surface area contributed by atoms with Crippen molar-refractivity contribution < 1.29 is 33.8 Å². The van der Waals surface area contributed by atoms with Gasteiger partial charge in [0, 0.05) is 18.4 Å². The highest BCUT2D eigenvalue weighted by Gasteiger charge is 2.45. The number of aromatic hydroxyl groups is 1. The minimum Gasteiger partial charge on any atom is -0.508 e. The van der Waals surface area contributed by atoms with E-state index in [1.807, 2.05) is 64.1 Å². The van der Waals surface area contributed by atoms with E-state index in [2.05, 4.69) is 5.32 Å². The predicted molar refractivity (Wildman–Crippen MR) is 184 cm³/mol. The third-order valence-electron chi connectivity index (χ3n) is 7.86. The lowest BCUT2D eigenvalue weighted by Crippen LogP contribution is -2.55. The summed E-state index contributed by atoms with van der Waals surface area (Å²) in [5.41, 5.74) is 3.69. The summed E-state index contributed by atoms with van der Waals surface area (Å²) in [5, 5.41) is 12.5. The Hall–Kier alpha value is -5.18. The first-order chi connectivity index (χ1) is 23.0. The molecule has 48 heavy (non-hydrogen) atoms. The largest absolute Gasteiger partial charge is 0.508 e. The smallest absolute Gasteiger partial charge is 0.328 e. The van der Waals surface area contributed by atoms with E-state index in [1.165, 1.54) is 12.1 Å². The Kier molecular flexibility index (Phi) is 12.3. The lowest BCUT2D eigenvalue weighted by atomic mass is 9.95. The highest BCUT2D eigenvalue weighted by atomic mass is 16.5. The first-order valence-electron chi connectivity index (χ1n) is 16.2. The number of carbonyl (C=O) groups excluding carboxylic acids is 4. The molecule has 0 bridgehead atoms. The highest BCUT2D eigenvalue weighted by molar-refractivity contribution is 6.36. The Bertz CT molecular complexity index is 1650. The van der Waals surface area contributed by atoms with Crippen LogP contribution in [-0.2, 0) is 36.8 Å². The van der Waals surface area contributed by atoms with E-state index >= 15 is 0 Å². The summed E-state index contributed by atoms with van der Waals surface area (Å²) in [6.45, 7) is 10.1. The fourth-order valence-electron chi connectivity index (χ4n) is 5.51. The van der Waals surface area contributed by atoms with Crippen molar-refractivity contribution in [1.82, 2.24) is 10.2 Å². The van der Waals surface area contributed by atoms with Crippen molar-refractivity contribution in [3.8, 4) is 11.5 Å². The van der Waals surface area contributed by atoms with Gasteiger partial charge in [-0.2, -0.15) is 0 Å². The number of phenols is 1. The maximum absolute atomic E-state index is 14.3. The van der Waals surface area contributed by atoms with Gasteiger partial charge >= 0.3 is 5.97 Å². The van der Waals surface area contributed by atoms with Gasteiger partial charge in [0.25, 0.3) is 11.8 Å². The fourth-order valence-corrected chi connectivity index (χ4v) is 5.51. The molecule has 3 amide bonds. The van der Waals surface area contributed by atoms with Crippen molar-refractivity contribution in [2.75, 3.05) is 13.2 Å². The van der Waals surface area contributed by atoms with Crippen molar-refractivity contribution >= 4 is 29.3 Å². The van der Waals surface area contributed by atoms with Gasteiger partial charge in [-0.3, -0.25) is 19.3 Å². The molecule has 4 rings (SSSR count). The van der Waals surface area contributed by atoms with Crippen LogP contribution in [0.2, 0.25) is 0 Å². The van der Waals surface area contributed by atoms with Gasteiger partial charge < -0.3 is 19.9 Å². The van der Waals surface area contributed by atoms with Gasteiger partial charge in [0.05, 0.1) is 12.2 Å². The second kappa shape index (κ2) is 16.6. The summed E-state index contributed by atoms with van der Waals surface area (Å²) in [6, 6.07) is 20.1. The van der Waals surface area contributed by atoms with Crippen LogP contribution < -0.4 is 10.1 Å². The molecule has 1 unspecified atom stereocenters. The Morgan fingerprint density at radius 3 is 2.10 bits per heavy atom. The maximum Gasteiger partial charge on any atom is 0.328 e. The Morgan fingerprint density at radius 1 is 0.854 bits per heavy atom. The third-order valence-corrected chi connectivity index (χ3v) is 7.86. The zero-order chi connectivity index (χ0) is 34.8. The van der Waals surface area contributed by atoms with Crippen LogP contribution in [0.25, 0.3) is 5.57 Å². The Morgan fingerprint density at radius 2 is 1.50 bits per heavy atom. The van der Waals surface area contributed by atoms with Crippen LogP contribution in [0.1, 0.15) is 57.7 Å². The number of imide groups is 1. The molecule has 2 N–H and O–H groups in total. The Labute approximate surface area is 282 Å². The highest BCUT2D eigenvalue weighted by Crippen LogP contribution is 2.35. The summed E-state index contributed by atoms with van der Waals surface area (Å²) in [7, 11) is 0. The molecule has 0 radical (unpaired) electrons. The van der Waals surface area contributed by atoms with E-state index in [-0.39, 0.29) is 36.7 Å². The number of rotatable bonds is 15. The van der Waals surface area contributed by atoms with E-state index in [0.29, 0.717) is 35.5 Å². The van der Waals surface area contributed by atoms with Crippen LogP contribution in [-0.4, -0.2) is 59.0 Å². The van der Waals surface area contributed by atoms with E-state index in [1.54, 1.807) is 43.3 Å². The molecule has 1 aliphatic heterocycles. The number of hydrogen-bond donors (Lipinski definition) is 2. The molecule has 1 heterocycles.